The number of nitrogens with one attached hydrogen (secondary N) is 1. The predicted octanol–water partition coefficient (Wildman–Crippen LogP) is 4.49. The molecule has 0 spiro atoms. The van der Waals surface area contributed by atoms with Gasteiger partial charge in [-0.15, -0.1) is 0 Å². The van der Waals surface area contributed by atoms with E-state index in [4.69, 9.17) is 9.15 Å². The molecule has 2 aromatic heterocycles. The van der Waals surface area contributed by atoms with Gasteiger partial charge in [-0.1, -0.05) is 32.1 Å². The fourth-order valence-corrected chi connectivity index (χ4v) is 5.11. The molecule has 0 aromatic carbocycles. The molecule has 1 N–H and O–H groups in total. The van der Waals surface area contributed by atoms with E-state index in [9.17, 15) is 9.59 Å². The molecule has 0 saturated heterocycles. The largest absolute Gasteiger partial charge is 0.463 e. The van der Waals surface area contributed by atoms with E-state index < -0.39 is 5.54 Å². The highest BCUT2D eigenvalue weighted by Gasteiger charge is 2.48. The highest BCUT2D eigenvalue weighted by atomic mass is 16.5. The first-order chi connectivity index (χ1) is 15.4. The van der Waals surface area contributed by atoms with Gasteiger partial charge in [0.25, 0.3) is 5.91 Å². The molecule has 0 radical (unpaired) electrons. The Morgan fingerprint density at radius 1 is 1.25 bits per heavy atom. The van der Waals surface area contributed by atoms with Crippen LogP contribution in [0.25, 0.3) is 11.1 Å². The molecule has 1 atom stereocenters. The van der Waals surface area contributed by atoms with E-state index >= 15 is 0 Å². The molecule has 1 fully saturated rings. The number of furan rings is 1. The van der Waals surface area contributed by atoms with Crippen LogP contribution in [-0.4, -0.2) is 52.1 Å². The lowest BCUT2D eigenvalue weighted by molar-refractivity contribution is -0.133. The third kappa shape index (κ3) is 4.58. The van der Waals surface area contributed by atoms with E-state index in [1.807, 2.05) is 31.4 Å². The topological polar surface area (TPSA) is 76.7 Å². The molecule has 7 heteroatoms. The summed E-state index contributed by atoms with van der Waals surface area (Å²) in [7, 11) is 0. The minimum atomic E-state index is -0.965. The average molecular weight is 444 g/mol. The number of hydrogen-bond acceptors (Lipinski definition) is 4. The summed E-state index contributed by atoms with van der Waals surface area (Å²) in [5.74, 6) is -0.181. The van der Waals surface area contributed by atoms with Gasteiger partial charge in [0.15, 0.2) is 5.58 Å². The molecular formula is C25H37N3O4. The Morgan fingerprint density at radius 3 is 2.69 bits per heavy atom. The fourth-order valence-electron chi connectivity index (χ4n) is 5.11. The van der Waals surface area contributed by atoms with Crippen LogP contribution in [-0.2, 0) is 16.1 Å². The van der Waals surface area contributed by atoms with Gasteiger partial charge in [-0.05, 0) is 40.0 Å². The van der Waals surface area contributed by atoms with E-state index in [0.717, 1.165) is 31.2 Å². The Hall–Kier alpha value is -2.28. The molecule has 176 valence electrons. The number of aromatic nitrogens is 1. The number of nitrogens with zero attached hydrogens (tertiary/aromatic N) is 2. The number of hydrogen-bond donors (Lipinski definition) is 1. The SMILES string of the molecule is CC(C)OCCCN1C(=O)c2cc3occc3n2C[C@]1(C)C(=O)NC1CCCCCCC1. The summed E-state index contributed by atoms with van der Waals surface area (Å²) in [5, 5.41) is 3.32. The minimum absolute atomic E-state index is 0.0582. The summed E-state index contributed by atoms with van der Waals surface area (Å²) in [6.45, 7) is 7.36. The van der Waals surface area contributed by atoms with Crippen molar-refractivity contribution >= 4 is 22.9 Å². The van der Waals surface area contributed by atoms with Crippen molar-refractivity contribution in [2.75, 3.05) is 13.2 Å². The number of ether oxygens (including phenoxy) is 1. The summed E-state index contributed by atoms with van der Waals surface area (Å²) in [6, 6.07) is 3.84. The molecule has 7 nitrogen and oxygen atoms in total. The fraction of sp³-hybridized carbons (Fsp3) is 0.680. The van der Waals surface area contributed by atoms with Gasteiger partial charge in [0.2, 0.25) is 5.91 Å². The van der Waals surface area contributed by atoms with E-state index in [2.05, 4.69) is 5.32 Å². The first-order valence-electron chi connectivity index (χ1n) is 12.2. The van der Waals surface area contributed by atoms with E-state index in [0.29, 0.717) is 37.4 Å². The van der Waals surface area contributed by atoms with Crippen molar-refractivity contribution in [3.05, 3.63) is 24.1 Å². The van der Waals surface area contributed by atoms with Gasteiger partial charge in [-0.2, -0.15) is 0 Å². The molecular weight excluding hydrogens is 406 g/mol. The van der Waals surface area contributed by atoms with Crippen LogP contribution in [0.15, 0.2) is 22.8 Å². The second-order valence-electron chi connectivity index (χ2n) is 9.81. The second-order valence-corrected chi connectivity index (χ2v) is 9.81. The summed E-state index contributed by atoms with van der Waals surface area (Å²) in [5.41, 5.74) is 1.16. The third-order valence-corrected chi connectivity index (χ3v) is 6.96. The standard InChI is InChI=1S/C25H37N3O4/c1-18(2)31-14-9-13-28-23(29)21-16-22-20(12-15-32-22)27(21)17-25(28,3)24(30)26-19-10-7-5-4-6-8-11-19/h12,15-16,18-19H,4-11,13-14,17H2,1-3H3,(H,26,30)/t25-/m1/s1. The molecule has 32 heavy (non-hydrogen) atoms. The van der Waals surface area contributed by atoms with Gasteiger partial charge >= 0.3 is 0 Å². The quantitative estimate of drug-likeness (QED) is 0.640. The molecule has 2 amide bonds. The van der Waals surface area contributed by atoms with Crippen molar-refractivity contribution in [2.45, 2.75) is 96.4 Å². The first-order valence-corrected chi connectivity index (χ1v) is 12.2. The Labute approximate surface area is 190 Å². The van der Waals surface area contributed by atoms with Crippen molar-refractivity contribution in [2.24, 2.45) is 0 Å². The van der Waals surface area contributed by atoms with Crippen LogP contribution in [0, 0.1) is 0 Å². The highest BCUT2D eigenvalue weighted by Crippen LogP contribution is 2.33. The van der Waals surface area contributed by atoms with Crippen molar-refractivity contribution < 1.29 is 18.7 Å². The molecule has 1 saturated carbocycles. The van der Waals surface area contributed by atoms with Gasteiger partial charge in [-0.3, -0.25) is 9.59 Å². The lowest BCUT2D eigenvalue weighted by atomic mass is 9.92. The van der Waals surface area contributed by atoms with Gasteiger partial charge in [-0.25, -0.2) is 0 Å². The van der Waals surface area contributed by atoms with Gasteiger partial charge < -0.3 is 23.9 Å². The van der Waals surface area contributed by atoms with E-state index in [-0.39, 0.29) is 24.0 Å². The normalized spacial score (nSPS) is 22.8. The van der Waals surface area contributed by atoms with E-state index in [1.54, 1.807) is 17.2 Å². The molecule has 4 rings (SSSR count). The Balaban J connectivity index is 1.58. The van der Waals surface area contributed by atoms with Crippen LogP contribution in [0.3, 0.4) is 0 Å². The zero-order valence-electron chi connectivity index (χ0n) is 19.7. The Bertz CT molecular complexity index is 938. The van der Waals surface area contributed by atoms with Crippen molar-refractivity contribution in [1.29, 1.82) is 0 Å². The first kappa shape index (κ1) is 22.9. The monoisotopic (exact) mass is 443 g/mol. The van der Waals surface area contributed by atoms with Crippen molar-refractivity contribution in [1.82, 2.24) is 14.8 Å². The van der Waals surface area contributed by atoms with Gasteiger partial charge in [0.1, 0.15) is 11.2 Å². The van der Waals surface area contributed by atoms with Crippen LogP contribution >= 0.6 is 0 Å². The van der Waals surface area contributed by atoms with Gasteiger partial charge in [0, 0.05) is 31.3 Å². The van der Waals surface area contributed by atoms with Crippen LogP contribution in [0.4, 0.5) is 0 Å². The second kappa shape index (κ2) is 9.69. The molecule has 0 unspecified atom stereocenters. The molecule has 1 aliphatic heterocycles. The minimum Gasteiger partial charge on any atom is -0.463 e. The molecule has 2 aromatic rings. The Kier molecular flexibility index (Phi) is 6.93. The number of carbonyl (C=O) groups is 2. The van der Waals surface area contributed by atoms with Crippen molar-refractivity contribution in [3.63, 3.8) is 0 Å². The summed E-state index contributed by atoms with van der Waals surface area (Å²) in [6.07, 6.45) is 10.5. The lowest BCUT2D eigenvalue weighted by Gasteiger charge is -2.44. The maximum atomic E-state index is 13.7. The smallest absolute Gasteiger partial charge is 0.271 e. The highest BCUT2D eigenvalue weighted by molar-refractivity contribution is 6.02. The van der Waals surface area contributed by atoms with Crippen LogP contribution in [0.2, 0.25) is 0 Å². The predicted molar refractivity (Wildman–Crippen MR) is 124 cm³/mol. The maximum absolute atomic E-state index is 13.7. The van der Waals surface area contributed by atoms with Gasteiger partial charge in [0.05, 0.1) is 24.4 Å². The third-order valence-electron chi connectivity index (χ3n) is 6.96. The van der Waals surface area contributed by atoms with Crippen LogP contribution in [0.1, 0.15) is 82.6 Å². The molecule has 3 heterocycles. The average Bonchev–Trinajstić information content (AvgIpc) is 3.31. The molecule has 1 aliphatic carbocycles. The summed E-state index contributed by atoms with van der Waals surface area (Å²) >= 11 is 0. The molecule has 2 aliphatic rings. The van der Waals surface area contributed by atoms with Crippen LogP contribution < -0.4 is 5.32 Å². The zero-order chi connectivity index (χ0) is 22.7. The lowest BCUT2D eigenvalue weighted by Crippen LogP contribution is -2.65. The van der Waals surface area contributed by atoms with Crippen molar-refractivity contribution in [3.8, 4) is 0 Å². The molecule has 0 bridgehead atoms. The number of carbonyl (C=O) groups excluding carboxylic acids is 2. The Morgan fingerprint density at radius 2 is 1.97 bits per heavy atom. The number of fused-ring (bicyclic) bond motifs is 3. The summed E-state index contributed by atoms with van der Waals surface area (Å²) < 4.78 is 13.2. The number of amides is 2. The zero-order valence-corrected chi connectivity index (χ0v) is 19.7. The van der Waals surface area contributed by atoms with E-state index in [1.165, 1.54) is 19.3 Å². The van der Waals surface area contributed by atoms with Crippen LogP contribution in [0.5, 0.6) is 0 Å². The summed E-state index contributed by atoms with van der Waals surface area (Å²) in [4.78, 5) is 29.0. The number of rotatable bonds is 7. The maximum Gasteiger partial charge on any atom is 0.271 e.